The van der Waals surface area contributed by atoms with Gasteiger partial charge in [0.25, 0.3) is 0 Å². The SMILES string of the molecule is Cc1ccc(C(=O)c2cn[nH]c2)o1. The van der Waals surface area contributed by atoms with E-state index in [4.69, 9.17) is 4.42 Å². The van der Waals surface area contributed by atoms with E-state index in [1.54, 1.807) is 25.3 Å². The van der Waals surface area contributed by atoms with Gasteiger partial charge in [-0.1, -0.05) is 0 Å². The molecule has 4 heteroatoms. The van der Waals surface area contributed by atoms with Gasteiger partial charge in [0, 0.05) is 6.20 Å². The molecule has 0 saturated heterocycles. The number of aryl methyl sites for hydroxylation is 1. The summed E-state index contributed by atoms with van der Waals surface area (Å²) in [7, 11) is 0. The molecule has 2 heterocycles. The van der Waals surface area contributed by atoms with Gasteiger partial charge >= 0.3 is 0 Å². The number of hydrogen-bond donors (Lipinski definition) is 1. The second kappa shape index (κ2) is 2.90. The van der Waals surface area contributed by atoms with Crippen LogP contribution < -0.4 is 0 Å². The molecule has 0 unspecified atom stereocenters. The Hall–Kier alpha value is -1.84. The van der Waals surface area contributed by atoms with Crippen molar-refractivity contribution in [3.63, 3.8) is 0 Å². The Kier molecular flexibility index (Phi) is 1.73. The molecule has 13 heavy (non-hydrogen) atoms. The zero-order valence-electron chi connectivity index (χ0n) is 7.07. The normalized spacial score (nSPS) is 10.2. The molecule has 0 aliphatic carbocycles. The number of carbonyl (C=O) groups is 1. The number of carbonyl (C=O) groups excluding carboxylic acids is 1. The summed E-state index contributed by atoms with van der Waals surface area (Å²) in [5.74, 6) is 0.924. The van der Waals surface area contributed by atoms with Crippen LogP contribution in [-0.2, 0) is 0 Å². The average molecular weight is 176 g/mol. The Balaban J connectivity index is 2.33. The number of ketones is 1. The van der Waals surface area contributed by atoms with Crippen LogP contribution in [0.2, 0.25) is 0 Å². The summed E-state index contributed by atoms with van der Waals surface area (Å²) in [6.45, 7) is 1.80. The maximum absolute atomic E-state index is 11.6. The van der Waals surface area contributed by atoms with Crippen LogP contribution in [-0.4, -0.2) is 16.0 Å². The number of rotatable bonds is 2. The van der Waals surface area contributed by atoms with Crippen LogP contribution in [0.25, 0.3) is 0 Å². The van der Waals surface area contributed by atoms with Gasteiger partial charge < -0.3 is 4.42 Å². The first-order valence-electron chi connectivity index (χ1n) is 3.87. The van der Waals surface area contributed by atoms with Crippen LogP contribution >= 0.6 is 0 Å². The lowest BCUT2D eigenvalue weighted by molar-refractivity contribution is 0.101. The van der Waals surface area contributed by atoms with Crippen molar-refractivity contribution < 1.29 is 9.21 Å². The molecular weight excluding hydrogens is 168 g/mol. The van der Waals surface area contributed by atoms with Crippen molar-refractivity contribution in [2.75, 3.05) is 0 Å². The highest BCUT2D eigenvalue weighted by atomic mass is 16.3. The molecule has 2 rings (SSSR count). The Morgan fingerprint density at radius 3 is 2.92 bits per heavy atom. The lowest BCUT2D eigenvalue weighted by atomic mass is 10.2. The molecule has 0 aliphatic heterocycles. The van der Waals surface area contributed by atoms with Crippen molar-refractivity contribution in [2.24, 2.45) is 0 Å². The van der Waals surface area contributed by atoms with E-state index in [-0.39, 0.29) is 5.78 Å². The Morgan fingerprint density at radius 2 is 2.38 bits per heavy atom. The van der Waals surface area contributed by atoms with Gasteiger partial charge in [-0.3, -0.25) is 9.89 Å². The summed E-state index contributed by atoms with van der Waals surface area (Å²) >= 11 is 0. The Morgan fingerprint density at radius 1 is 1.54 bits per heavy atom. The lowest BCUT2D eigenvalue weighted by Crippen LogP contribution is -1.96. The zero-order chi connectivity index (χ0) is 9.26. The van der Waals surface area contributed by atoms with Gasteiger partial charge in [0.1, 0.15) is 5.76 Å². The lowest BCUT2D eigenvalue weighted by Gasteiger charge is -1.90. The van der Waals surface area contributed by atoms with Crippen LogP contribution in [0, 0.1) is 6.92 Å². The standard InChI is InChI=1S/C9H8N2O2/c1-6-2-3-8(13-6)9(12)7-4-10-11-5-7/h2-5H,1H3,(H,10,11). The van der Waals surface area contributed by atoms with Crippen molar-refractivity contribution in [1.29, 1.82) is 0 Å². The van der Waals surface area contributed by atoms with Crippen molar-refractivity contribution in [3.05, 3.63) is 41.6 Å². The molecule has 0 bridgehead atoms. The molecule has 0 amide bonds. The summed E-state index contributed by atoms with van der Waals surface area (Å²) in [6, 6.07) is 3.41. The maximum Gasteiger partial charge on any atom is 0.231 e. The van der Waals surface area contributed by atoms with Gasteiger partial charge in [0.15, 0.2) is 5.76 Å². The molecule has 0 atom stereocenters. The number of H-pyrrole nitrogens is 1. The number of aromatic nitrogens is 2. The molecule has 2 aromatic heterocycles. The minimum absolute atomic E-state index is 0.151. The second-order valence-electron chi connectivity index (χ2n) is 2.73. The summed E-state index contributed by atoms with van der Waals surface area (Å²) in [5, 5.41) is 6.26. The van der Waals surface area contributed by atoms with E-state index in [0.29, 0.717) is 11.3 Å². The van der Waals surface area contributed by atoms with Gasteiger partial charge in [-0.15, -0.1) is 0 Å². The average Bonchev–Trinajstić information content (AvgIpc) is 2.72. The minimum atomic E-state index is -0.151. The van der Waals surface area contributed by atoms with Crippen LogP contribution in [0.3, 0.4) is 0 Å². The van der Waals surface area contributed by atoms with E-state index in [2.05, 4.69) is 10.2 Å². The first-order chi connectivity index (χ1) is 6.27. The van der Waals surface area contributed by atoms with Crippen LogP contribution in [0.1, 0.15) is 21.9 Å². The molecule has 0 aromatic carbocycles. The van der Waals surface area contributed by atoms with E-state index in [0.717, 1.165) is 5.76 Å². The number of aromatic amines is 1. The minimum Gasteiger partial charge on any atom is -0.458 e. The third-order valence-corrected chi connectivity index (χ3v) is 1.72. The van der Waals surface area contributed by atoms with Crippen molar-refractivity contribution in [3.8, 4) is 0 Å². The first kappa shape index (κ1) is 7.79. The molecule has 4 nitrogen and oxygen atoms in total. The molecular formula is C9H8N2O2. The van der Waals surface area contributed by atoms with Gasteiger partial charge in [-0.05, 0) is 19.1 Å². The monoisotopic (exact) mass is 176 g/mol. The van der Waals surface area contributed by atoms with Crippen LogP contribution in [0.4, 0.5) is 0 Å². The van der Waals surface area contributed by atoms with E-state index in [1.807, 2.05) is 0 Å². The molecule has 0 aliphatic rings. The van der Waals surface area contributed by atoms with Gasteiger partial charge in [0.2, 0.25) is 5.78 Å². The highest BCUT2D eigenvalue weighted by Crippen LogP contribution is 2.11. The third kappa shape index (κ3) is 1.38. The fourth-order valence-corrected chi connectivity index (χ4v) is 1.07. The second-order valence-corrected chi connectivity index (χ2v) is 2.73. The summed E-state index contributed by atoms with van der Waals surface area (Å²) in [5.41, 5.74) is 0.509. The van der Waals surface area contributed by atoms with Crippen LogP contribution in [0.5, 0.6) is 0 Å². The molecule has 0 fully saturated rings. The largest absolute Gasteiger partial charge is 0.458 e. The highest BCUT2D eigenvalue weighted by molar-refractivity contribution is 6.06. The quantitative estimate of drug-likeness (QED) is 0.706. The molecule has 0 saturated carbocycles. The topological polar surface area (TPSA) is 58.9 Å². The molecule has 1 N–H and O–H groups in total. The van der Waals surface area contributed by atoms with Crippen LogP contribution in [0.15, 0.2) is 28.9 Å². The molecule has 0 radical (unpaired) electrons. The number of nitrogens with one attached hydrogen (secondary N) is 1. The third-order valence-electron chi connectivity index (χ3n) is 1.72. The van der Waals surface area contributed by atoms with Crippen molar-refractivity contribution >= 4 is 5.78 Å². The summed E-state index contributed by atoms with van der Waals surface area (Å²) in [6.07, 6.45) is 3.01. The van der Waals surface area contributed by atoms with Crippen molar-refractivity contribution in [2.45, 2.75) is 6.92 Å². The fourth-order valence-electron chi connectivity index (χ4n) is 1.07. The van der Waals surface area contributed by atoms with E-state index in [1.165, 1.54) is 6.20 Å². The van der Waals surface area contributed by atoms with Gasteiger partial charge in [0.05, 0.1) is 11.8 Å². The number of furan rings is 1. The van der Waals surface area contributed by atoms with E-state index in [9.17, 15) is 4.79 Å². The Bertz CT molecular complexity index is 415. The number of nitrogens with zero attached hydrogens (tertiary/aromatic N) is 1. The first-order valence-corrected chi connectivity index (χ1v) is 3.87. The number of hydrogen-bond acceptors (Lipinski definition) is 3. The summed E-state index contributed by atoms with van der Waals surface area (Å²) < 4.78 is 5.18. The van der Waals surface area contributed by atoms with Gasteiger partial charge in [-0.25, -0.2) is 0 Å². The van der Waals surface area contributed by atoms with Crippen molar-refractivity contribution in [1.82, 2.24) is 10.2 Å². The molecule has 0 spiro atoms. The summed E-state index contributed by atoms with van der Waals surface area (Å²) in [4.78, 5) is 11.6. The predicted molar refractivity (Wildman–Crippen MR) is 45.5 cm³/mol. The van der Waals surface area contributed by atoms with E-state index >= 15 is 0 Å². The molecule has 2 aromatic rings. The maximum atomic E-state index is 11.6. The smallest absolute Gasteiger partial charge is 0.231 e. The molecule has 66 valence electrons. The van der Waals surface area contributed by atoms with E-state index < -0.39 is 0 Å². The fraction of sp³-hybridized carbons (Fsp3) is 0.111. The Labute approximate surface area is 74.6 Å². The van der Waals surface area contributed by atoms with Gasteiger partial charge in [-0.2, -0.15) is 5.10 Å². The highest BCUT2D eigenvalue weighted by Gasteiger charge is 2.12. The predicted octanol–water partition coefficient (Wildman–Crippen LogP) is 1.54. The zero-order valence-corrected chi connectivity index (χ0v) is 7.07.